The van der Waals surface area contributed by atoms with Crippen molar-refractivity contribution in [3.63, 3.8) is 0 Å². The molecular weight excluding hydrogens is 280 g/mol. The maximum Gasteiger partial charge on any atom is 0.122 e. The van der Waals surface area contributed by atoms with Crippen LogP contribution in [-0.2, 0) is 6.42 Å². The third-order valence-corrected chi connectivity index (χ3v) is 4.06. The van der Waals surface area contributed by atoms with Crippen molar-refractivity contribution in [3.8, 4) is 5.75 Å². The summed E-state index contributed by atoms with van der Waals surface area (Å²) in [6, 6.07) is 4.17. The Balaban J connectivity index is 2.34. The summed E-state index contributed by atoms with van der Waals surface area (Å²) in [5.74, 6) is 1.34. The molecule has 1 aromatic rings. The Morgan fingerprint density at radius 3 is 2.53 bits per heavy atom. The monoisotopic (exact) mass is 298 g/mol. The first-order chi connectivity index (χ1) is 7.95. The number of benzene rings is 1. The van der Waals surface area contributed by atoms with Crippen molar-refractivity contribution in [3.05, 3.63) is 27.7 Å². The summed E-state index contributed by atoms with van der Waals surface area (Å²) in [5, 5.41) is 10.0. The number of rotatable bonds is 4. The van der Waals surface area contributed by atoms with Crippen LogP contribution in [0.1, 0.15) is 43.7 Å². The highest BCUT2D eigenvalue weighted by atomic mass is 79.9. The van der Waals surface area contributed by atoms with Crippen molar-refractivity contribution in [2.75, 3.05) is 7.11 Å². The van der Waals surface area contributed by atoms with Crippen molar-refractivity contribution in [1.29, 1.82) is 0 Å². The number of halogens is 1. The second-order valence-electron chi connectivity index (χ2n) is 5.24. The normalized spacial score (nSPS) is 17.3. The highest BCUT2D eigenvalue weighted by Crippen LogP contribution is 2.41. The lowest BCUT2D eigenvalue weighted by atomic mass is 9.98. The summed E-state index contributed by atoms with van der Waals surface area (Å²) in [6.45, 7) is 4.32. The molecule has 0 aliphatic heterocycles. The lowest BCUT2D eigenvalue weighted by Crippen LogP contribution is -2.12. The van der Waals surface area contributed by atoms with Gasteiger partial charge in [-0.25, -0.2) is 0 Å². The molecule has 0 saturated heterocycles. The molecule has 1 saturated carbocycles. The van der Waals surface area contributed by atoms with Gasteiger partial charge >= 0.3 is 0 Å². The lowest BCUT2D eigenvalue weighted by Gasteiger charge is -2.16. The third-order valence-electron chi connectivity index (χ3n) is 3.37. The van der Waals surface area contributed by atoms with E-state index in [0.717, 1.165) is 28.6 Å². The van der Waals surface area contributed by atoms with Crippen molar-refractivity contribution in [1.82, 2.24) is 0 Å². The molecular formula is C14H19BrO2. The van der Waals surface area contributed by atoms with E-state index >= 15 is 0 Å². The maximum absolute atomic E-state index is 10.0. The summed E-state index contributed by atoms with van der Waals surface area (Å²) >= 11 is 3.60. The number of hydrogen-bond acceptors (Lipinski definition) is 2. The number of methoxy groups -OCH3 is 1. The third kappa shape index (κ3) is 2.83. The van der Waals surface area contributed by atoms with Gasteiger partial charge in [-0.15, -0.1) is 0 Å². The predicted molar refractivity (Wildman–Crippen MR) is 72.7 cm³/mol. The Labute approximate surface area is 111 Å². The molecule has 0 unspecified atom stereocenters. The van der Waals surface area contributed by atoms with Gasteiger partial charge in [-0.05, 0) is 42.0 Å². The van der Waals surface area contributed by atoms with Crippen molar-refractivity contribution >= 4 is 15.9 Å². The Morgan fingerprint density at radius 2 is 2.06 bits per heavy atom. The smallest absolute Gasteiger partial charge is 0.122 e. The lowest BCUT2D eigenvalue weighted by molar-refractivity contribution is 0.150. The van der Waals surface area contributed by atoms with Crippen LogP contribution in [-0.4, -0.2) is 17.8 Å². The van der Waals surface area contributed by atoms with E-state index in [9.17, 15) is 5.11 Å². The van der Waals surface area contributed by atoms with E-state index in [1.807, 2.05) is 0 Å². The molecule has 0 radical (unpaired) electrons. The van der Waals surface area contributed by atoms with Gasteiger partial charge in [-0.2, -0.15) is 0 Å². The number of hydrogen-bond donors (Lipinski definition) is 1. The molecule has 1 aliphatic carbocycles. The van der Waals surface area contributed by atoms with Crippen LogP contribution < -0.4 is 4.74 Å². The van der Waals surface area contributed by atoms with Crippen LogP contribution in [0.2, 0.25) is 0 Å². The van der Waals surface area contributed by atoms with Gasteiger partial charge in [-0.3, -0.25) is 0 Å². The molecule has 1 aromatic carbocycles. The summed E-state index contributed by atoms with van der Waals surface area (Å²) in [7, 11) is 1.69. The molecule has 0 amide bonds. The zero-order chi connectivity index (χ0) is 12.6. The summed E-state index contributed by atoms with van der Waals surface area (Å²) in [6.07, 6.45) is 2.49. The Hall–Kier alpha value is -0.540. The zero-order valence-corrected chi connectivity index (χ0v) is 12.2. The molecule has 0 heterocycles. The second-order valence-corrected chi connectivity index (χ2v) is 6.10. The Kier molecular flexibility index (Phi) is 3.50. The fourth-order valence-electron chi connectivity index (χ4n) is 2.06. The molecule has 94 valence electrons. The standard InChI is InChI=1S/C14H19BrO2/c1-9(2)11-7-13(17-3)10(6-12(11)15)8-14(16)4-5-14/h6-7,9,16H,4-5,8H2,1-3H3. The van der Waals surface area contributed by atoms with Gasteiger partial charge < -0.3 is 9.84 Å². The van der Waals surface area contributed by atoms with E-state index in [1.54, 1.807) is 7.11 Å². The van der Waals surface area contributed by atoms with Crippen LogP contribution in [0.5, 0.6) is 5.75 Å². The Morgan fingerprint density at radius 1 is 1.41 bits per heavy atom. The first kappa shape index (κ1) is 12.9. The van der Waals surface area contributed by atoms with Gasteiger partial charge in [0.05, 0.1) is 12.7 Å². The van der Waals surface area contributed by atoms with E-state index in [-0.39, 0.29) is 0 Å². The second kappa shape index (κ2) is 4.62. The van der Waals surface area contributed by atoms with Gasteiger partial charge in [-0.1, -0.05) is 29.8 Å². The summed E-state index contributed by atoms with van der Waals surface area (Å²) in [5.41, 5.74) is 1.85. The van der Waals surface area contributed by atoms with Crippen LogP contribution in [0.25, 0.3) is 0 Å². The molecule has 1 fully saturated rings. The first-order valence-corrected chi connectivity index (χ1v) is 6.83. The van der Waals surface area contributed by atoms with E-state index in [1.165, 1.54) is 5.56 Å². The SMILES string of the molecule is COc1cc(C(C)C)c(Br)cc1CC1(O)CC1. The van der Waals surface area contributed by atoms with Crippen LogP contribution >= 0.6 is 15.9 Å². The topological polar surface area (TPSA) is 29.5 Å². The summed E-state index contributed by atoms with van der Waals surface area (Å²) < 4.78 is 6.54. The van der Waals surface area contributed by atoms with E-state index in [0.29, 0.717) is 12.3 Å². The summed E-state index contributed by atoms with van der Waals surface area (Å²) in [4.78, 5) is 0. The minimum absolute atomic E-state index is 0.455. The predicted octanol–water partition coefficient (Wildman–Crippen LogP) is 3.65. The van der Waals surface area contributed by atoms with E-state index in [2.05, 4.69) is 41.9 Å². The van der Waals surface area contributed by atoms with E-state index in [4.69, 9.17) is 4.74 Å². The molecule has 2 nitrogen and oxygen atoms in total. The van der Waals surface area contributed by atoms with Gasteiger partial charge in [0.1, 0.15) is 5.75 Å². The van der Waals surface area contributed by atoms with Gasteiger partial charge in [0.2, 0.25) is 0 Å². The molecule has 3 heteroatoms. The molecule has 17 heavy (non-hydrogen) atoms. The molecule has 0 spiro atoms. The highest BCUT2D eigenvalue weighted by molar-refractivity contribution is 9.10. The average Bonchev–Trinajstić information content (AvgIpc) is 2.96. The van der Waals surface area contributed by atoms with Gasteiger partial charge in [0.15, 0.2) is 0 Å². The van der Waals surface area contributed by atoms with Gasteiger partial charge in [0, 0.05) is 10.9 Å². The van der Waals surface area contributed by atoms with Crippen molar-refractivity contribution in [2.24, 2.45) is 0 Å². The van der Waals surface area contributed by atoms with Crippen LogP contribution in [0, 0.1) is 0 Å². The van der Waals surface area contributed by atoms with Crippen LogP contribution in [0.15, 0.2) is 16.6 Å². The molecule has 1 aliphatic rings. The van der Waals surface area contributed by atoms with E-state index < -0.39 is 5.60 Å². The minimum Gasteiger partial charge on any atom is -0.496 e. The fourth-order valence-corrected chi connectivity index (χ4v) is 2.91. The maximum atomic E-state index is 10.0. The Bertz CT molecular complexity index is 422. The number of ether oxygens (including phenoxy) is 1. The van der Waals surface area contributed by atoms with Crippen molar-refractivity contribution < 1.29 is 9.84 Å². The molecule has 0 atom stereocenters. The van der Waals surface area contributed by atoms with Crippen molar-refractivity contribution in [2.45, 2.75) is 44.6 Å². The quantitative estimate of drug-likeness (QED) is 0.919. The zero-order valence-electron chi connectivity index (χ0n) is 10.6. The van der Waals surface area contributed by atoms with Crippen LogP contribution in [0.4, 0.5) is 0 Å². The first-order valence-electron chi connectivity index (χ1n) is 6.04. The molecule has 1 N–H and O–H groups in total. The molecule has 0 aromatic heterocycles. The molecule has 0 bridgehead atoms. The minimum atomic E-state index is -0.480. The molecule has 2 rings (SSSR count). The largest absolute Gasteiger partial charge is 0.496 e. The number of aliphatic hydroxyl groups is 1. The average molecular weight is 299 g/mol. The van der Waals surface area contributed by atoms with Gasteiger partial charge in [0.25, 0.3) is 0 Å². The van der Waals surface area contributed by atoms with Crippen LogP contribution in [0.3, 0.4) is 0 Å². The fraction of sp³-hybridized carbons (Fsp3) is 0.571. The highest BCUT2D eigenvalue weighted by Gasteiger charge is 2.40.